The molecule has 3 nitrogen and oxygen atoms in total. The molecule has 0 radical (unpaired) electrons. The molecule has 0 aliphatic carbocycles. The minimum Gasteiger partial charge on any atom is -0.244 e. The van der Waals surface area contributed by atoms with Crippen molar-refractivity contribution < 1.29 is 13.2 Å². The number of rotatable bonds is 4. The number of hydrogen-bond acceptors (Lipinski definition) is 4. The van der Waals surface area contributed by atoms with Crippen LogP contribution in [0.5, 0.6) is 0 Å². The van der Waals surface area contributed by atoms with Gasteiger partial charge in [0.05, 0.1) is 16.8 Å². The summed E-state index contributed by atoms with van der Waals surface area (Å²) in [5.41, 5.74) is -0.205. The zero-order valence-corrected chi connectivity index (χ0v) is 16.3. The van der Waals surface area contributed by atoms with Gasteiger partial charge in [0.2, 0.25) is 0 Å². The van der Waals surface area contributed by atoms with E-state index in [1.54, 1.807) is 42.5 Å². The van der Waals surface area contributed by atoms with Crippen LogP contribution in [0.4, 0.5) is 13.2 Å². The van der Waals surface area contributed by atoms with Gasteiger partial charge >= 0.3 is 6.18 Å². The second-order valence-corrected chi connectivity index (χ2v) is 7.42. The molecule has 142 valence electrons. The summed E-state index contributed by atoms with van der Waals surface area (Å²) in [4.78, 5) is 8.24. The zero-order valence-electron chi connectivity index (χ0n) is 14.0. The van der Waals surface area contributed by atoms with Crippen molar-refractivity contribution in [3.05, 3.63) is 75.5 Å². The molecule has 0 aliphatic heterocycles. The predicted molar refractivity (Wildman–Crippen MR) is 103 cm³/mol. The predicted octanol–water partition coefficient (Wildman–Crippen LogP) is 6.63. The summed E-state index contributed by atoms with van der Waals surface area (Å²) < 4.78 is 40.6. The molecule has 2 aromatic heterocycles. The van der Waals surface area contributed by atoms with E-state index in [9.17, 15) is 18.4 Å². The Hall–Kier alpha value is -2.27. The van der Waals surface area contributed by atoms with Gasteiger partial charge in [-0.25, -0.2) is 9.97 Å². The number of thioether (sulfide) groups is 1. The highest BCUT2D eigenvalue weighted by Gasteiger charge is 2.36. The average molecular weight is 440 g/mol. The number of nitrogens with zero attached hydrogens (tertiary/aromatic N) is 3. The molecule has 0 spiro atoms. The number of alkyl halides is 3. The first kappa shape index (κ1) is 20.5. The van der Waals surface area contributed by atoms with Crippen molar-refractivity contribution in [3.63, 3.8) is 0 Å². The lowest BCUT2D eigenvalue weighted by atomic mass is 10.1. The lowest BCUT2D eigenvalue weighted by Gasteiger charge is -2.14. The van der Waals surface area contributed by atoms with Crippen LogP contribution in [-0.4, -0.2) is 9.97 Å². The Morgan fingerprint density at radius 3 is 2.36 bits per heavy atom. The Kier molecular flexibility index (Phi) is 6.14. The van der Waals surface area contributed by atoms with Crippen LogP contribution in [-0.2, 0) is 11.9 Å². The van der Waals surface area contributed by atoms with Crippen molar-refractivity contribution in [3.8, 4) is 17.3 Å². The quantitative estimate of drug-likeness (QED) is 0.337. The van der Waals surface area contributed by atoms with E-state index in [1.807, 2.05) is 0 Å². The standard InChI is InChI=1S/C19H10Cl2F3N3S/c20-13-4-2-12(3-5-13)16-7-15(19(22,23)24)14(8-25)18(27-16)28-10-11-1-6-17(21)26-9-11/h1-7,9H,10H2. The molecule has 3 rings (SSSR count). The van der Waals surface area contributed by atoms with Crippen LogP contribution in [0.3, 0.4) is 0 Å². The molecule has 0 saturated heterocycles. The highest BCUT2D eigenvalue weighted by Crippen LogP contribution is 2.38. The van der Waals surface area contributed by atoms with Crippen LogP contribution >= 0.6 is 35.0 Å². The van der Waals surface area contributed by atoms with E-state index in [1.165, 1.54) is 6.20 Å². The molecule has 1 aromatic carbocycles. The van der Waals surface area contributed by atoms with Gasteiger partial charge in [0, 0.05) is 22.5 Å². The fraction of sp³-hybridized carbons (Fsp3) is 0.105. The lowest BCUT2D eigenvalue weighted by Crippen LogP contribution is -2.10. The van der Waals surface area contributed by atoms with Crippen LogP contribution in [0.1, 0.15) is 16.7 Å². The van der Waals surface area contributed by atoms with Crippen molar-refractivity contribution in [2.24, 2.45) is 0 Å². The second-order valence-electron chi connectivity index (χ2n) is 5.63. The minimum atomic E-state index is -4.69. The number of nitriles is 1. The highest BCUT2D eigenvalue weighted by molar-refractivity contribution is 7.98. The first-order valence-corrected chi connectivity index (χ1v) is 9.53. The fourth-order valence-electron chi connectivity index (χ4n) is 2.37. The first-order valence-electron chi connectivity index (χ1n) is 7.79. The van der Waals surface area contributed by atoms with Gasteiger partial charge in [-0.1, -0.05) is 41.4 Å². The Morgan fingerprint density at radius 2 is 1.79 bits per heavy atom. The van der Waals surface area contributed by atoms with Gasteiger partial charge in [0.1, 0.15) is 16.2 Å². The summed E-state index contributed by atoms with van der Waals surface area (Å²) in [6.45, 7) is 0. The number of aromatic nitrogens is 2. The fourth-order valence-corrected chi connectivity index (χ4v) is 3.54. The molecule has 0 aliphatic rings. The van der Waals surface area contributed by atoms with E-state index in [4.69, 9.17) is 23.2 Å². The third-order valence-corrected chi connectivity index (χ3v) is 5.23. The van der Waals surface area contributed by atoms with Gasteiger partial charge in [0.25, 0.3) is 0 Å². The zero-order chi connectivity index (χ0) is 20.3. The Labute approximate surface area is 173 Å². The molecule has 0 bridgehead atoms. The van der Waals surface area contributed by atoms with E-state index >= 15 is 0 Å². The van der Waals surface area contributed by atoms with E-state index < -0.39 is 17.3 Å². The van der Waals surface area contributed by atoms with Crippen molar-refractivity contribution in [1.29, 1.82) is 5.26 Å². The second kappa shape index (κ2) is 8.39. The first-order chi connectivity index (χ1) is 13.3. The number of hydrogen-bond donors (Lipinski definition) is 0. The summed E-state index contributed by atoms with van der Waals surface area (Å²) in [5, 5.41) is 10.1. The summed E-state index contributed by atoms with van der Waals surface area (Å²) in [6, 6.07) is 12.1. The minimum absolute atomic E-state index is 0.00257. The van der Waals surface area contributed by atoms with Gasteiger partial charge < -0.3 is 0 Å². The maximum atomic E-state index is 13.5. The SMILES string of the molecule is N#Cc1c(C(F)(F)F)cc(-c2ccc(Cl)cc2)nc1SCc1ccc(Cl)nc1. The molecule has 2 heterocycles. The van der Waals surface area contributed by atoms with Crippen LogP contribution in [0.15, 0.2) is 53.7 Å². The molecule has 0 saturated carbocycles. The molecule has 9 heteroatoms. The largest absolute Gasteiger partial charge is 0.417 e. The van der Waals surface area contributed by atoms with Crippen molar-refractivity contribution in [1.82, 2.24) is 9.97 Å². The monoisotopic (exact) mass is 439 g/mol. The smallest absolute Gasteiger partial charge is 0.244 e. The van der Waals surface area contributed by atoms with Gasteiger partial charge in [-0.2, -0.15) is 18.4 Å². The van der Waals surface area contributed by atoms with Crippen LogP contribution < -0.4 is 0 Å². The lowest BCUT2D eigenvalue weighted by molar-refractivity contribution is -0.138. The maximum absolute atomic E-state index is 13.5. The normalized spacial score (nSPS) is 11.3. The molecule has 0 atom stereocenters. The summed E-state index contributed by atoms with van der Waals surface area (Å²) in [5.74, 6) is 0.285. The summed E-state index contributed by atoms with van der Waals surface area (Å²) in [7, 11) is 0. The molecular formula is C19H10Cl2F3N3S. The van der Waals surface area contributed by atoms with Crippen LogP contribution in [0.2, 0.25) is 10.2 Å². The molecule has 0 N–H and O–H groups in total. The Bertz CT molecular complexity index is 1030. The van der Waals surface area contributed by atoms with Crippen molar-refractivity contribution in [2.75, 3.05) is 0 Å². The molecule has 0 unspecified atom stereocenters. The van der Waals surface area contributed by atoms with Gasteiger partial charge in [-0.3, -0.25) is 0 Å². The maximum Gasteiger partial charge on any atom is 0.417 e. The summed E-state index contributed by atoms with van der Waals surface area (Å²) in [6.07, 6.45) is -3.17. The molecular weight excluding hydrogens is 430 g/mol. The third-order valence-electron chi connectivity index (χ3n) is 3.71. The average Bonchev–Trinajstić information content (AvgIpc) is 2.66. The molecule has 28 heavy (non-hydrogen) atoms. The number of pyridine rings is 2. The van der Waals surface area contributed by atoms with E-state index in [0.29, 0.717) is 15.7 Å². The van der Waals surface area contributed by atoms with Gasteiger partial charge in [0.15, 0.2) is 0 Å². The van der Waals surface area contributed by atoms with Crippen LogP contribution in [0, 0.1) is 11.3 Å². The number of benzene rings is 1. The highest BCUT2D eigenvalue weighted by atomic mass is 35.5. The molecule has 3 aromatic rings. The Morgan fingerprint density at radius 1 is 1.07 bits per heavy atom. The van der Waals surface area contributed by atoms with E-state index in [0.717, 1.165) is 23.4 Å². The third kappa shape index (κ3) is 4.76. The van der Waals surface area contributed by atoms with E-state index in [2.05, 4.69) is 9.97 Å². The van der Waals surface area contributed by atoms with Gasteiger partial charge in [-0.15, -0.1) is 11.8 Å². The van der Waals surface area contributed by atoms with Crippen LogP contribution in [0.25, 0.3) is 11.3 Å². The van der Waals surface area contributed by atoms with E-state index in [-0.39, 0.29) is 16.5 Å². The number of halogens is 5. The van der Waals surface area contributed by atoms with Gasteiger partial charge in [-0.05, 0) is 29.8 Å². The van der Waals surface area contributed by atoms with Crippen molar-refractivity contribution >= 4 is 35.0 Å². The topological polar surface area (TPSA) is 49.6 Å². The van der Waals surface area contributed by atoms with Crippen molar-refractivity contribution in [2.45, 2.75) is 17.0 Å². The Balaban J connectivity index is 2.05. The summed E-state index contributed by atoms with van der Waals surface area (Å²) >= 11 is 12.6. The molecule has 0 amide bonds. The molecule has 0 fully saturated rings.